The van der Waals surface area contributed by atoms with Crippen molar-refractivity contribution in [2.45, 2.75) is 32.2 Å². The lowest BCUT2D eigenvalue weighted by Gasteiger charge is -2.21. The lowest BCUT2D eigenvalue weighted by Crippen LogP contribution is -2.31. The molecule has 0 amide bonds. The van der Waals surface area contributed by atoms with Gasteiger partial charge in [0.1, 0.15) is 0 Å². The second-order valence-corrected chi connectivity index (χ2v) is 8.24. The summed E-state index contributed by atoms with van der Waals surface area (Å²) in [6, 6.07) is 3.72. The Kier molecular flexibility index (Phi) is 6.19. The van der Waals surface area contributed by atoms with Crippen LogP contribution in [0.25, 0.3) is 0 Å². The van der Waals surface area contributed by atoms with Crippen molar-refractivity contribution in [3.63, 3.8) is 0 Å². The van der Waals surface area contributed by atoms with Crippen LogP contribution in [0.2, 0.25) is 0 Å². The van der Waals surface area contributed by atoms with E-state index in [9.17, 15) is 8.42 Å². The van der Waals surface area contributed by atoms with Crippen molar-refractivity contribution in [2.24, 2.45) is 5.92 Å². The summed E-state index contributed by atoms with van der Waals surface area (Å²) in [7, 11) is 0.00117. The second kappa shape index (κ2) is 7.02. The third kappa shape index (κ3) is 4.04. The summed E-state index contributed by atoms with van der Waals surface area (Å²) in [5.74, 6) is 0.287. The molecule has 1 aromatic carbocycles. The lowest BCUT2D eigenvalue weighted by atomic mass is 10.1. The van der Waals surface area contributed by atoms with Gasteiger partial charge in [-0.15, -0.1) is 0 Å². The van der Waals surface area contributed by atoms with Crippen LogP contribution in [0, 0.1) is 12.8 Å². The SMILES string of the molecule is CNCc1cc(C)c(Br)c(S(=O)(=O)N(C)CC(C)C)c1. The topological polar surface area (TPSA) is 49.4 Å². The van der Waals surface area contributed by atoms with E-state index in [1.54, 1.807) is 13.1 Å². The molecule has 20 heavy (non-hydrogen) atoms. The standard InChI is InChI=1S/C14H23BrN2O2S/c1-10(2)9-17(5)20(18,19)13-7-12(8-16-4)6-11(3)14(13)15/h6-7,10,16H,8-9H2,1-5H3. The van der Waals surface area contributed by atoms with Crippen LogP contribution in [-0.2, 0) is 16.6 Å². The maximum absolute atomic E-state index is 12.7. The van der Waals surface area contributed by atoms with Crippen LogP contribution >= 0.6 is 15.9 Å². The Balaban J connectivity index is 3.29. The first kappa shape index (κ1) is 17.6. The molecule has 0 heterocycles. The maximum atomic E-state index is 12.7. The Hall–Kier alpha value is -0.430. The Morgan fingerprint density at radius 1 is 1.35 bits per heavy atom. The van der Waals surface area contributed by atoms with Crippen LogP contribution in [0.1, 0.15) is 25.0 Å². The highest BCUT2D eigenvalue weighted by Gasteiger charge is 2.25. The summed E-state index contributed by atoms with van der Waals surface area (Å²) in [6.45, 7) is 7.06. The highest BCUT2D eigenvalue weighted by Crippen LogP contribution is 2.29. The van der Waals surface area contributed by atoms with Gasteiger partial charge in [0.25, 0.3) is 0 Å². The molecule has 1 rings (SSSR count). The minimum Gasteiger partial charge on any atom is -0.316 e. The molecule has 0 atom stereocenters. The van der Waals surface area contributed by atoms with Crippen molar-refractivity contribution in [2.75, 3.05) is 20.6 Å². The molecule has 0 aliphatic rings. The number of nitrogens with zero attached hydrogens (tertiary/aromatic N) is 1. The molecule has 0 bridgehead atoms. The molecule has 0 aromatic heterocycles. The number of hydrogen-bond donors (Lipinski definition) is 1. The fourth-order valence-electron chi connectivity index (χ4n) is 2.08. The second-order valence-electron chi connectivity index (χ2n) is 5.43. The summed E-state index contributed by atoms with van der Waals surface area (Å²) in [5, 5.41) is 3.05. The Labute approximate surface area is 130 Å². The number of halogens is 1. The van der Waals surface area contributed by atoms with E-state index in [1.165, 1.54) is 4.31 Å². The molecule has 1 aromatic rings. The monoisotopic (exact) mass is 362 g/mol. The van der Waals surface area contributed by atoms with E-state index in [1.807, 2.05) is 33.9 Å². The van der Waals surface area contributed by atoms with E-state index in [-0.39, 0.29) is 5.92 Å². The molecule has 6 heteroatoms. The predicted octanol–water partition coefficient (Wildman–Crippen LogP) is 2.75. The average molecular weight is 363 g/mol. The molecular formula is C14H23BrN2O2S. The van der Waals surface area contributed by atoms with Gasteiger partial charge in [-0.25, -0.2) is 12.7 Å². The van der Waals surface area contributed by atoms with Gasteiger partial charge in [-0.3, -0.25) is 0 Å². The molecule has 0 radical (unpaired) electrons. The Morgan fingerprint density at radius 2 is 1.95 bits per heavy atom. The molecule has 0 fully saturated rings. The van der Waals surface area contributed by atoms with Crippen LogP contribution in [0.3, 0.4) is 0 Å². The Morgan fingerprint density at radius 3 is 2.45 bits per heavy atom. The molecule has 0 saturated carbocycles. The smallest absolute Gasteiger partial charge is 0.243 e. The lowest BCUT2D eigenvalue weighted by molar-refractivity contribution is 0.417. The van der Waals surface area contributed by atoms with Gasteiger partial charge in [0.2, 0.25) is 10.0 Å². The average Bonchev–Trinajstić information content (AvgIpc) is 2.32. The van der Waals surface area contributed by atoms with Crippen molar-refractivity contribution in [1.29, 1.82) is 0 Å². The van der Waals surface area contributed by atoms with E-state index in [4.69, 9.17) is 0 Å². The van der Waals surface area contributed by atoms with Crippen molar-refractivity contribution in [3.05, 3.63) is 27.7 Å². The summed E-state index contributed by atoms with van der Waals surface area (Å²) in [4.78, 5) is 0.339. The predicted molar refractivity (Wildman–Crippen MR) is 86.3 cm³/mol. The van der Waals surface area contributed by atoms with E-state index in [0.29, 0.717) is 22.5 Å². The maximum Gasteiger partial charge on any atom is 0.243 e. The first-order valence-electron chi connectivity index (χ1n) is 6.60. The van der Waals surface area contributed by atoms with Crippen LogP contribution < -0.4 is 5.32 Å². The largest absolute Gasteiger partial charge is 0.316 e. The number of nitrogens with one attached hydrogen (secondary N) is 1. The molecule has 1 N–H and O–H groups in total. The number of hydrogen-bond acceptors (Lipinski definition) is 3. The van der Waals surface area contributed by atoms with E-state index >= 15 is 0 Å². The third-order valence-electron chi connectivity index (χ3n) is 2.97. The van der Waals surface area contributed by atoms with Gasteiger partial charge >= 0.3 is 0 Å². The van der Waals surface area contributed by atoms with Gasteiger partial charge in [0, 0.05) is 24.6 Å². The third-order valence-corrected chi connectivity index (χ3v) is 6.13. The fourth-order valence-corrected chi connectivity index (χ4v) is 4.44. The van der Waals surface area contributed by atoms with Gasteiger partial charge in [0.05, 0.1) is 4.90 Å². The molecule has 0 spiro atoms. The number of rotatable bonds is 6. The minimum atomic E-state index is -3.47. The Bertz CT molecular complexity index is 571. The normalized spacial score (nSPS) is 12.4. The first-order chi connectivity index (χ1) is 9.20. The molecule has 0 aliphatic heterocycles. The van der Waals surface area contributed by atoms with Gasteiger partial charge in [-0.1, -0.05) is 19.9 Å². The summed E-state index contributed by atoms with van der Waals surface area (Å²) >= 11 is 3.41. The molecule has 0 aliphatic carbocycles. The van der Waals surface area contributed by atoms with Crippen LogP contribution in [0.4, 0.5) is 0 Å². The molecule has 0 saturated heterocycles. The summed E-state index contributed by atoms with van der Waals surface area (Å²) in [5.41, 5.74) is 1.89. The van der Waals surface area contributed by atoms with Crippen molar-refractivity contribution in [1.82, 2.24) is 9.62 Å². The summed E-state index contributed by atoms with van der Waals surface area (Å²) in [6.07, 6.45) is 0. The van der Waals surface area contributed by atoms with Gasteiger partial charge < -0.3 is 5.32 Å². The van der Waals surface area contributed by atoms with Crippen LogP contribution in [0.15, 0.2) is 21.5 Å². The highest BCUT2D eigenvalue weighted by molar-refractivity contribution is 9.10. The molecule has 0 unspecified atom stereocenters. The van der Waals surface area contributed by atoms with Crippen LogP contribution in [-0.4, -0.2) is 33.4 Å². The molecule has 4 nitrogen and oxygen atoms in total. The first-order valence-corrected chi connectivity index (χ1v) is 8.83. The highest BCUT2D eigenvalue weighted by atomic mass is 79.9. The quantitative estimate of drug-likeness (QED) is 0.846. The van der Waals surface area contributed by atoms with Crippen molar-refractivity contribution in [3.8, 4) is 0 Å². The van der Waals surface area contributed by atoms with Gasteiger partial charge in [-0.05, 0) is 53.0 Å². The van der Waals surface area contributed by atoms with E-state index < -0.39 is 10.0 Å². The van der Waals surface area contributed by atoms with E-state index in [2.05, 4.69) is 21.2 Å². The zero-order chi connectivity index (χ0) is 15.5. The molecular weight excluding hydrogens is 340 g/mol. The zero-order valence-corrected chi connectivity index (χ0v) is 15.1. The number of aryl methyl sites for hydroxylation is 1. The number of sulfonamides is 1. The van der Waals surface area contributed by atoms with E-state index in [0.717, 1.165) is 11.1 Å². The summed E-state index contributed by atoms with van der Waals surface area (Å²) < 4.78 is 27.4. The van der Waals surface area contributed by atoms with Crippen LogP contribution in [0.5, 0.6) is 0 Å². The van der Waals surface area contributed by atoms with Gasteiger partial charge in [0.15, 0.2) is 0 Å². The van der Waals surface area contributed by atoms with Crippen molar-refractivity contribution >= 4 is 26.0 Å². The zero-order valence-electron chi connectivity index (χ0n) is 12.7. The molecule has 114 valence electrons. The fraction of sp³-hybridized carbons (Fsp3) is 0.571. The minimum absolute atomic E-state index is 0.287. The van der Waals surface area contributed by atoms with Crippen molar-refractivity contribution < 1.29 is 8.42 Å². The van der Waals surface area contributed by atoms with Gasteiger partial charge in [-0.2, -0.15) is 0 Å². The number of benzene rings is 1.